The lowest BCUT2D eigenvalue weighted by Gasteiger charge is -2.45. The fraction of sp³-hybridized carbons (Fsp3) is 0.333. The maximum atomic E-state index is 6.40. The summed E-state index contributed by atoms with van der Waals surface area (Å²) in [5.41, 5.74) is 16.3. The van der Waals surface area contributed by atoms with Gasteiger partial charge in [-0.15, -0.1) is 0 Å². The lowest BCUT2D eigenvalue weighted by atomic mass is 9.33. The molecule has 0 N–H and O–H groups in total. The van der Waals surface area contributed by atoms with Crippen LogP contribution in [0.15, 0.2) is 91.0 Å². The lowest BCUT2D eigenvalue weighted by molar-refractivity contribution is 0.172. The Morgan fingerprint density at radius 3 is 1.62 bits per heavy atom. The third kappa shape index (κ3) is 5.20. The van der Waals surface area contributed by atoms with E-state index in [0.717, 1.165) is 17.2 Å². The van der Waals surface area contributed by atoms with Gasteiger partial charge in [0.15, 0.2) is 11.5 Å². The van der Waals surface area contributed by atoms with Crippen molar-refractivity contribution in [1.82, 2.24) is 0 Å². The van der Waals surface area contributed by atoms with Crippen LogP contribution in [0.2, 0.25) is 0 Å². The van der Waals surface area contributed by atoms with E-state index in [0.29, 0.717) is 13.2 Å². The second kappa shape index (κ2) is 11.2. The number of nitrogens with zero attached hydrogens (tertiary/aromatic N) is 2. The highest BCUT2D eigenvalue weighted by Crippen LogP contribution is 2.49. The van der Waals surface area contributed by atoms with Crippen LogP contribution in [0, 0.1) is 6.92 Å². The van der Waals surface area contributed by atoms with Gasteiger partial charge in [-0.2, -0.15) is 0 Å². The molecule has 8 rings (SSSR count). The van der Waals surface area contributed by atoms with Gasteiger partial charge >= 0.3 is 0 Å². The molecule has 0 aliphatic carbocycles. The minimum absolute atomic E-state index is 0.00182. The van der Waals surface area contributed by atoms with Crippen molar-refractivity contribution in [2.45, 2.75) is 85.5 Å². The second-order valence-corrected chi connectivity index (χ2v) is 17.5. The van der Waals surface area contributed by atoms with E-state index < -0.39 is 0 Å². The van der Waals surface area contributed by atoms with E-state index in [9.17, 15) is 0 Å². The second-order valence-electron chi connectivity index (χ2n) is 17.5. The van der Waals surface area contributed by atoms with Crippen LogP contribution in [0.4, 0.5) is 34.1 Å². The fourth-order valence-corrected chi connectivity index (χ4v) is 7.96. The molecule has 5 heteroatoms. The van der Waals surface area contributed by atoms with Gasteiger partial charge in [-0.1, -0.05) is 105 Å². The molecule has 0 fully saturated rings. The van der Waals surface area contributed by atoms with Crippen molar-refractivity contribution >= 4 is 57.2 Å². The summed E-state index contributed by atoms with van der Waals surface area (Å²) in [6.45, 7) is 24.1. The van der Waals surface area contributed by atoms with Crippen LogP contribution in [0.25, 0.3) is 0 Å². The topological polar surface area (TPSA) is 24.9 Å². The summed E-state index contributed by atoms with van der Waals surface area (Å²) in [5, 5.41) is 0. The number of fused-ring (bicyclic) bond motifs is 5. The Morgan fingerprint density at radius 2 is 1.04 bits per heavy atom. The molecule has 5 aromatic rings. The third-order valence-electron chi connectivity index (χ3n) is 10.7. The largest absolute Gasteiger partial charge is 0.486 e. The Kier molecular flexibility index (Phi) is 7.28. The summed E-state index contributed by atoms with van der Waals surface area (Å²) in [6, 6.07) is 34.6. The van der Waals surface area contributed by atoms with E-state index >= 15 is 0 Å². The predicted octanol–water partition coefficient (Wildman–Crippen LogP) is 9.74. The molecular weight excluding hydrogens is 611 g/mol. The molecule has 3 aliphatic heterocycles. The zero-order valence-electron chi connectivity index (χ0n) is 31.4. The van der Waals surface area contributed by atoms with Gasteiger partial charge in [0.25, 0.3) is 6.71 Å². The molecule has 3 heterocycles. The van der Waals surface area contributed by atoms with Crippen molar-refractivity contribution in [3.05, 3.63) is 113 Å². The number of benzene rings is 5. The van der Waals surface area contributed by atoms with E-state index in [4.69, 9.17) is 9.47 Å². The summed E-state index contributed by atoms with van der Waals surface area (Å²) in [5.74, 6) is 1.60. The molecule has 0 amide bonds. The molecule has 0 bridgehead atoms. The highest BCUT2D eigenvalue weighted by Gasteiger charge is 2.45. The van der Waals surface area contributed by atoms with Crippen LogP contribution in [0.3, 0.4) is 0 Å². The van der Waals surface area contributed by atoms with Gasteiger partial charge in [-0.25, -0.2) is 0 Å². The molecule has 0 spiro atoms. The van der Waals surface area contributed by atoms with E-state index in [2.05, 4.69) is 164 Å². The molecule has 0 radical (unpaired) electrons. The maximum absolute atomic E-state index is 6.40. The Bertz CT molecular complexity index is 2150. The Hall–Kier alpha value is -4.64. The van der Waals surface area contributed by atoms with Crippen molar-refractivity contribution in [2.75, 3.05) is 23.0 Å². The first-order chi connectivity index (χ1) is 23.6. The van der Waals surface area contributed by atoms with Gasteiger partial charge < -0.3 is 19.3 Å². The molecule has 0 aromatic heterocycles. The standard InChI is InChI=1S/C45H49BN2O2/c1-28-24-38-41-39(25-28)48(37-12-11-13-40-42(37)50-23-22-49-40)36-21-17-31(45(8,9)10)27-34(36)46(41)33-26-30(44(5,6)7)16-20-35(33)47(38)32-18-14-29(15-19-32)43(2,3)4/h11-21,24-27H,22-23H2,1-10H3. The predicted molar refractivity (Wildman–Crippen MR) is 212 cm³/mol. The minimum atomic E-state index is -0.00923. The van der Waals surface area contributed by atoms with Crippen LogP contribution in [-0.4, -0.2) is 19.9 Å². The quantitative estimate of drug-likeness (QED) is 0.173. The number of para-hydroxylation sites is 1. The van der Waals surface area contributed by atoms with Gasteiger partial charge in [-0.3, -0.25) is 0 Å². The SMILES string of the molecule is Cc1cc2c3c(c1)N(c1cccc4c1OCCO4)c1ccc(C(C)(C)C)cc1B3c1cc(C(C)(C)C)ccc1N2c1ccc(C(C)(C)C)cc1. The van der Waals surface area contributed by atoms with Crippen molar-refractivity contribution in [3.8, 4) is 11.5 Å². The average Bonchev–Trinajstić information content (AvgIpc) is 3.06. The molecule has 0 atom stereocenters. The smallest absolute Gasteiger partial charge is 0.252 e. The van der Waals surface area contributed by atoms with Crippen molar-refractivity contribution in [1.29, 1.82) is 0 Å². The summed E-state index contributed by atoms with van der Waals surface area (Å²) in [4.78, 5) is 4.95. The average molecular weight is 661 g/mol. The normalized spacial score (nSPS) is 15.0. The molecule has 0 saturated heterocycles. The van der Waals surface area contributed by atoms with Gasteiger partial charge in [-0.05, 0) is 110 Å². The Balaban J connectivity index is 1.47. The molecule has 3 aliphatic rings. The molecule has 254 valence electrons. The molecule has 5 aromatic carbocycles. The molecule has 0 saturated carbocycles. The van der Waals surface area contributed by atoms with Crippen LogP contribution in [-0.2, 0) is 16.2 Å². The van der Waals surface area contributed by atoms with Gasteiger partial charge in [0.2, 0.25) is 0 Å². The highest BCUT2D eigenvalue weighted by atomic mass is 16.6. The highest BCUT2D eigenvalue weighted by molar-refractivity contribution is 7.00. The summed E-state index contributed by atoms with van der Waals surface area (Å²) < 4.78 is 12.5. The third-order valence-corrected chi connectivity index (χ3v) is 10.7. The van der Waals surface area contributed by atoms with Crippen molar-refractivity contribution in [3.63, 3.8) is 0 Å². The zero-order chi connectivity index (χ0) is 35.3. The van der Waals surface area contributed by atoms with Crippen molar-refractivity contribution < 1.29 is 9.47 Å². The van der Waals surface area contributed by atoms with Crippen LogP contribution >= 0.6 is 0 Å². The van der Waals surface area contributed by atoms with E-state index in [1.165, 1.54) is 67.1 Å². The van der Waals surface area contributed by atoms with Gasteiger partial charge in [0, 0.05) is 28.4 Å². The number of hydrogen-bond acceptors (Lipinski definition) is 4. The molecule has 50 heavy (non-hydrogen) atoms. The number of hydrogen-bond donors (Lipinski definition) is 0. The Morgan fingerprint density at radius 1 is 0.520 bits per heavy atom. The van der Waals surface area contributed by atoms with Crippen molar-refractivity contribution in [2.24, 2.45) is 0 Å². The van der Waals surface area contributed by atoms with E-state index in [-0.39, 0.29) is 23.0 Å². The first kappa shape index (κ1) is 32.6. The first-order valence-corrected chi connectivity index (χ1v) is 18.1. The Labute approximate surface area is 299 Å². The first-order valence-electron chi connectivity index (χ1n) is 18.1. The number of aryl methyl sites for hydroxylation is 1. The number of rotatable bonds is 2. The molecular formula is C45H49BN2O2. The summed E-state index contributed by atoms with van der Waals surface area (Å²) >= 11 is 0. The molecule has 0 unspecified atom stereocenters. The minimum Gasteiger partial charge on any atom is -0.486 e. The maximum Gasteiger partial charge on any atom is 0.252 e. The van der Waals surface area contributed by atoms with Gasteiger partial charge in [0.05, 0.1) is 5.69 Å². The monoisotopic (exact) mass is 660 g/mol. The van der Waals surface area contributed by atoms with Gasteiger partial charge in [0.1, 0.15) is 13.2 Å². The lowest BCUT2D eigenvalue weighted by Crippen LogP contribution is -2.61. The number of anilines is 6. The summed E-state index contributed by atoms with van der Waals surface area (Å²) in [6.07, 6.45) is 0. The zero-order valence-corrected chi connectivity index (χ0v) is 31.4. The number of ether oxygens (including phenoxy) is 2. The van der Waals surface area contributed by atoms with E-state index in [1.54, 1.807) is 0 Å². The van der Waals surface area contributed by atoms with Crippen LogP contribution in [0.1, 0.15) is 84.6 Å². The van der Waals surface area contributed by atoms with Crippen LogP contribution < -0.4 is 35.7 Å². The summed E-state index contributed by atoms with van der Waals surface area (Å²) in [7, 11) is 0. The van der Waals surface area contributed by atoms with Crippen LogP contribution in [0.5, 0.6) is 11.5 Å². The van der Waals surface area contributed by atoms with E-state index in [1.807, 2.05) is 6.07 Å². The fourth-order valence-electron chi connectivity index (χ4n) is 7.96. The molecule has 4 nitrogen and oxygen atoms in total.